The minimum Gasteiger partial charge on any atom is -0.461 e. The van der Waals surface area contributed by atoms with E-state index < -0.39 is 49.4 Å². The molecule has 0 aromatic heterocycles. The normalized spacial score (nSPS) is 31.5. The molecule has 0 amide bonds. The molecule has 1 fully saturated rings. The Hall–Kier alpha value is -2.36. The molecule has 1 aromatic carbocycles. The molecule has 0 unspecified atom stereocenters. The van der Waals surface area contributed by atoms with Gasteiger partial charge in [-0.05, 0) is 63.5 Å². The number of carbonyl (C=O) groups excluding carboxylic acids is 2. The molecule has 0 saturated heterocycles. The van der Waals surface area contributed by atoms with E-state index in [0.717, 1.165) is 29.8 Å². The highest BCUT2D eigenvalue weighted by atomic mass is 32.3. The summed E-state index contributed by atoms with van der Waals surface area (Å²) in [5.74, 6) is -1.23. The van der Waals surface area contributed by atoms with Crippen LogP contribution in [0, 0.1) is 10.8 Å². The first-order chi connectivity index (χ1) is 14.2. The van der Waals surface area contributed by atoms with Crippen LogP contribution in [0.5, 0.6) is 0 Å². The molecule has 1 saturated carbocycles. The van der Waals surface area contributed by atoms with Crippen molar-refractivity contribution in [2.45, 2.75) is 50.2 Å². The molecule has 31 heavy (non-hydrogen) atoms. The van der Waals surface area contributed by atoms with E-state index in [1.807, 2.05) is 6.92 Å². The van der Waals surface area contributed by atoms with Gasteiger partial charge >= 0.3 is 16.2 Å². The Kier molecular flexibility index (Phi) is 4.63. The van der Waals surface area contributed by atoms with Crippen molar-refractivity contribution in [3.8, 4) is 0 Å². The summed E-state index contributed by atoms with van der Waals surface area (Å²) in [6.07, 6.45) is 1.79. The first kappa shape index (κ1) is 21.9. The summed E-state index contributed by atoms with van der Waals surface area (Å²) in [6.45, 7) is 4.72. The number of ether oxygens (including phenoxy) is 1. The van der Waals surface area contributed by atoms with Crippen LogP contribution in [0.1, 0.15) is 44.0 Å². The van der Waals surface area contributed by atoms with Crippen LogP contribution in [0.15, 0.2) is 52.0 Å². The van der Waals surface area contributed by atoms with Crippen LogP contribution >= 0.6 is 0 Å². The van der Waals surface area contributed by atoms with Gasteiger partial charge in [-0.25, -0.2) is 4.79 Å². The maximum atomic E-state index is 13.0. The summed E-state index contributed by atoms with van der Waals surface area (Å²) in [4.78, 5) is 24.8. The van der Waals surface area contributed by atoms with Crippen LogP contribution < -0.4 is 0 Å². The highest BCUT2D eigenvalue weighted by molar-refractivity contribution is 7.86. The minimum absolute atomic E-state index is 0.0138. The number of aliphatic hydroxyl groups excluding tert-OH is 1. The molecule has 7 nitrogen and oxygen atoms in total. The number of hydrogen-bond donors (Lipinski definition) is 2. The molecule has 3 aliphatic rings. The minimum atomic E-state index is -4.87. The van der Waals surface area contributed by atoms with Gasteiger partial charge in [0.1, 0.15) is 12.2 Å². The predicted octanol–water partition coefficient (Wildman–Crippen LogP) is 2.24. The quantitative estimate of drug-likeness (QED) is 0.534. The van der Waals surface area contributed by atoms with Crippen LogP contribution in [0.3, 0.4) is 0 Å². The fourth-order valence-corrected chi connectivity index (χ4v) is 5.29. The molecule has 4 rings (SSSR count). The Bertz CT molecular complexity index is 1160. The van der Waals surface area contributed by atoms with Crippen LogP contribution in [0.4, 0.5) is 3.89 Å². The van der Waals surface area contributed by atoms with E-state index in [2.05, 4.69) is 0 Å². The van der Waals surface area contributed by atoms with E-state index >= 15 is 0 Å². The summed E-state index contributed by atoms with van der Waals surface area (Å²) < 4.78 is 40.1. The Balaban J connectivity index is 1.57. The average Bonchev–Trinajstić information content (AvgIpc) is 3.47. The number of benzene rings is 1. The van der Waals surface area contributed by atoms with Gasteiger partial charge in [-0.3, -0.25) is 4.79 Å². The van der Waals surface area contributed by atoms with Gasteiger partial charge in [-0.2, -0.15) is 8.42 Å². The number of rotatable bonds is 4. The maximum Gasteiger partial charge on any atom is 0.338 e. The molecule has 3 atom stereocenters. The molecule has 1 aromatic rings. The van der Waals surface area contributed by atoms with Crippen molar-refractivity contribution < 1.29 is 36.8 Å². The van der Waals surface area contributed by atoms with Gasteiger partial charge in [0.2, 0.25) is 0 Å². The number of aliphatic hydroxyl groups is 2. The van der Waals surface area contributed by atoms with Gasteiger partial charge in [0.15, 0.2) is 5.78 Å². The van der Waals surface area contributed by atoms with Crippen molar-refractivity contribution in [1.29, 1.82) is 0 Å². The molecular formula is C22H23FO7S. The zero-order valence-corrected chi connectivity index (χ0v) is 18.1. The third-order valence-corrected chi connectivity index (χ3v) is 7.87. The monoisotopic (exact) mass is 450 g/mol. The van der Waals surface area contributed by atoms with E-state index in [4.69, 9.17) is 4.74 Å². The topological polar surface area (TPSA) is 118 Å². The molecule has 2 N–H and O–H groups in total. The summed E-state index contributed by atoms with van der Waals surface area (Å²) in [6, 6.07) is 4.17. The van der Waals surface area contributed by atoms with Gasteiger partial charge < -0.3 is 14.9 Å². The van der Waals surface area contributed by atoms with E-state index in [-0.39, 0.29) is 17.7 Å². The van der Waals surface area contributed by atoms with E-state index in [1.54, 1.807) is 13.0 Å². The van der Waals surface area contributed by atoms with Crippen molar-refractivity contribution in [1.82, 2.24) is 0 Å². The summed E-state index contributed by atoms with van der Waals surface area (Å²) in [5, 5.41) is 21.9. The third-order valence-electron chi connectivity index (χ3n) is 7.04. The van der Waals surface area contributed by atoms with Crippen LogP contribution in [0.25, 0.3) is 0 Å². The van der Waals surface area contributed by atoms with Gasteiger partial charge in [0.25, 0.3) is 0 Å². The third kappa shape index (κ3) is 3.09. The van der Waals surface area contributed by atoms with Gasteiger partial charge in [-0.15, -0.1) is 3.89 Å². The predicted molar refractivity (Wildman–Crippen MR) is 107 cm³/mol. The molecular weight excluding hydrogens is 427 g/mol. The molecule has 3 aliphatic carbocycles. The van der Waals surface area contributed by atoms with Crippen molar-refractivity contribution >= 4 is 22.0 Å². The summed E-state index contributed by atoms with van der Waals surface area (Å²) in [7, 11) is -4.87. The van der Waals surface area contributed by atoms with E-state index in [0.29, 0.717) is 18.4 Å². The second-order valence-electron chi connectivity index (χ2n) is 9.03. The van der Waals surface area contributed by atoms with Crippen LogP contribution in [0.2, 0.25) is 0 Å². The van der Waals surface area contributed by atoms with Crippen LogP contribution in [-0.2, 0) is 19.8 Å². The zero-order chi connectivity index (χ0) is 23.0. The van der Waals surface area contributed by atoms with Crippen molar-refractivity contribution in [3.63, 3.8) is 0 Å². The van der Waals surface area contributed by atoms with Gasteiger partial charge in [0.05, 0.1) is 22.0 Å². The Labute approximate surface area is 179 Å². The Morgan fingerprint density at radius 2 is 1.81 bits per heavy atom. The molecule has 0 radical (unpaired) electrons. The fourth-order valence-electron chi connectivity index (χ4n) is 4.83. The number of Topliss-reactive ketones (excluding diaryl/α,β-unsaturated/α-hetero) is 1. The second-order valence-corrected chi connectivity index (χ2v) is 10.4. The molecule has 9 heteroatoms. The second kappa shape index (κ2) is 6.57. The zero-order valence-electron chi connectivity index (χ0n) is 17.3. The number of halogens is 1. The molecule has 166 valence electrons. The highest BCUT2D eigenvalue weighted by Gasteiger charge is 2.66. The first-order valence-electron chi connectivity index (χ1n) is 9.86. The van der Waals surface area contributed by atoms with Gasteiger partial charge in [0, 0.05) is 11.0 Å². The number of ketones is 1. The number of esters is 1. The Morgan fingerprint density at radius 1 is 1.23 bits per heavy atom. The summed E-state index contributed by atoms with van der Waals surface area (Å²) in [5.41, 5.74) is -1.75. The van der Waals surface area contributed by atoms with E-state index in [9.17, 15) is 32.1 Å². The lowest BCUT2D eigenvalue weighted by molar-refractivity contribution is -0.138. The van der Waals surface area contributed by atoms with Crippen molar-refractivity contribution in [3.05, 3.63) is 52.6 Å². The summed E-state index contributed by atoms with van der Waals surface area (Å²) >= 11 is 0. The van der Waals surface area contributed by atoms with Crippen LogP contribution in [-0.4, -0.2) is 48.7 Å². The van der Waals surface area contributed by atoms with E-state index in [1.165, 1.54) is 6.92 Å². The molecule has 0 aliphatic heterocycles. The number of hydrogen-bond acceptors (Lipinski definition) is 7. The lowest BCUT2D eigenvalue weighted by Crippen LogP contribution is -2.50. The SMILES string of the molecule is CC1=C2C(=C[C@@](C)(COC(=O)c3ccc(S(=O)(=O)F)cc3)[C@H]2O)C(=O)[C@](C)(O)C12CC2. The molecule has 1 spiro atoms. The number of fused-ring (bicyclic) bond motifs is 1. The Morgan fingerprint density at radius 3 is 2.32 bits per heavy atom. The lowest BCUT2D eigenvalue weighted by atomic mass is 9.67. The standard InChI is InChI=1S/C22H23FO7S/c1-12-16-15(17(24)21(3,27)22(12)8-9-22)10-20(2,18(16)25)11-30-19(26)13-4-6-14(7-5-13)31(23,28)29/h4-7,10,18,25,27H,8-9,11H2,1-3H3/t18-,20-,21-/m0/s1. The molecule has 0 bridgehead atoms. The highest BCUT2D eigenvalue weighted by Crippen LogP contribution is 2.65. The molecule has 0 heterocycles. The van der Waals surface area contributed by atoms with Gasteiger partial charge in [-0.1, -0.05) is 11.6 Å². The van der Waals surface area contributed by atoms with Crippen molar-refractivity contribution in [2.24, 2.45) is 10.8 Å². The maximum absolute atomic E-state index is 13.0. The fraction of sp³-hybridized carbons (Fsp3) is 0.455. The lowest BCUT2D eigenvalue weighted by Gasteiger charge is -2.39. The number of carbonyl (C=O) groups is 2. The first-order valence-corrected chi connectivity index (χ1v) is 11.2. The largest absolute Gasteiger partial charge is 0.461 e. The average molecular weight is 450 g/mol. The van der Waals surface area contributed by atoms with Crippen molar-refractivity contribution in [2.75, 3.05) is 6.61 Å². The smallest absolute Gasteiger partial charge is 0.338 e.